The number of carbonyl (C=O) groups is 1. The van der Waals surface area contributed by atoms with Gasteiger partial charge in [-0.2, -0.15) is 0 Å². The summed E-state index contributed by atoms with van der Waals surface area (Å²) in [4.78, 5) is 20.2. The van der Waals surface area contributed by atoms with Gasteiger partial charge in [0.15, 0.2) is 0 Å². The fourth-order valence-electron chi connectivity index (χ4n) is 2.64. The SMILES string of the molecule is Cc1nc(C2CCOCC2)nc(C)c1C(C)C(=O)O. The largest absolute Gasteiger partial charge is 0.481 e. The van der Waals surface area contributed by atoms with E-state index in [2.05, 4.69) is 9.97 Å². The van der Waals surface area contributed by atoms with Crippen LogP contribution < -0.4 is 0 Å². The van der Waals surface area contributed by atoms with E-state index in [0.717, 1.165) is 48.8 Å². The van der Waals surface area contributed by atoms with Gasteiger partial charge in [0, 0.05) is 36.1 Å². The number of aliphatic carboxylic acids is 1. The Labute approximate surface area is 113 Å². The van der Waals surface area contributed by atoms with Gasteiger partial charge in [-0.1, -0.05) is 0 Å². The van der Waals surface area contributed by atoms with E-state index in [1.807, 2.05) is 13.8 Å². The van der Waals surface area contributed by atoms with Crippen LogP contribution in [0.2, 0.25) is 0 Å². The number of hydrogen-bond donors (Lipinski definition) is 1. The molecule has 2 heterocycles. The van der Waals surface area contributed by atoms with Gasteiger partial charge in [-0.15, -0.1) is 0 Å². The fraction of sp³-hybridized carbons (Fsp3) is 0.643. The third kappa shape index (κ3) is 2.92. The van der Waals surface area contributed by atoms with Gasteiger partial charge in [-0.25, -0.2) is 9.97 Å². The van der Waals surface area contributed by atoms with Gasteiger partial charge in [0.1, 0.15) is 5.82 Å². The molecule has 1 aliphatic heterocycles. The van der Waals surface area contributed by atoms with E-state index in [9.17, 15) is 4.79 Å². The first-order chi connectivity index (χ1) is 9.00. The molecule has 0 spiro atoms. The number of carboxylic acid groups (broad SMARTS) is 1. The lowest BCUT2D eigenvalue weighted by molar-refractivity contribution is -0.138. The normalized spacial score (nSPS) is 18.3. The summed E-state index contributed by atoms with van der Waals surface area (Å²) in [5, 5.41) is 9.13. The Morgan fingerprint density at radius 1 is 1.26 bits per heavy atom. The zero-order valence-electron chi connectivity index (χ0n) is 11.6. The Balaban J connectivity index is 2.33. The second-order valence-electron chi connectivity index (χ2n) is 5.11. The molecule has 1 atom stereocenters. The van der Waals surface area contributed by atoms with E-state index in [1.54, 1.807) is 6.92 Å². The second-order valence-corrected chi connectivity index (χ2v) is 5.11. The molecule has 1 N–H and O–H groups in total. The first-order valence-electron chi connectivity index (χ1n) is 6.66. The quantitative estimate of drug-likeness (QED) is 0.905. The highest BCUT2D eigenvalue weighted by atomic mass is 16.5. The molecule has 0 saturated carbocycles. The summed E-state index contributed by atoms with van der Waals surface area (Å²) in [5.74, 6) is -0.239. The highest BCUT2D eigenvalue weighted by molar-refractivity contribution is 5.76. The molecule has 1 aliphatic rings. The molecule has 104 valence electrons. The van der Waals surface area contributed by atoms with Crippen LogP contribution in [0.4, 0.5) is 0 Å². The summed E-state index contributed by atoms with van der Waals surface area (Å²) in [7, 11) is 0. The number of aromatic nitrogens is 2. The predicted octanol–water partition coefficient (Wildman–Crippen LogP) is 2.18. The van der Waals surface area contributed by atoms with Crippen molar-refractivity contribution in [2.75, 3.05) is 13.2 Å². The summed E-state index contributed by atoms with van der Waals surface area (Å²) in [6.07, 6.45) is 1.87. The molecule has 0 radical (unpaired) electrons. The highest BCUT2D eigenvalue weighted by Crippen LogP contribution is 2.28. The lowest BCUT2D eigenvalue weighted by Gasteiger charge is -2.22. The molecule has 19 heavy (non-hydrogen) atoms. The van der Waals surface area contributed by atoms with E-state index < -0.39 is 11.9 Å². The van der Waals surface area contributed by atoms with Crippen molar-refractivity contribution in [3.05, 3.63) is 22.8 Å². The van der Waals surface area contributed by atoms with Crippen molar-refractivity contribution < 1.29 is 14.6 Å². The molecule has 0 bridgehead atoms. The van der Waals surface area contributed by atoms with Crippen molar-refractivity contribution in [3.63, 3.8) is 0 Å². The van der Waals surface area contributed by atoms with Gasteiger partial charge in [-0.3, -0.25) is 4.79 Å². The van der Waals surface area contributed by atoms with Crippen LogP contribution in [0.1, 0.15) is 54.4 Å². The molecule has 5 nitrogen and oxygen atoms in total. The van der Waals surface area contributed by atoms with E-state index in [4.69, 9.17) is 9.84 Å². The standard InChI is InChI=1S/C14H20N2O3/c1-8(14(17)18)12-9(2)15-13(16-10(12)3)11-4-6-19-7-5-11/h8,11H,4-7H2,1-3H3,(H,17,18). The van der Waals surface area contributed by atoms with Crippen molar-refractivity contribution in [1.29, 1.82) is 0 Å². The highest BCUT2D eigenvalue weighted by Gasteiger charge is 2.24. The Kier molecular flexibility index (Phi) is 4.14. The lowest BCUT2D eigenvalue weighted by Crippen LogP contribution is -2.19. The third-order valence-electron chi connectivity index (χ3n) is 3.73. The lowest BCUT2D eigenvalue weighted by atomic mass is 9.95. The van der Waals surface area contributed by atoms with Gasteiger partial charge in [0.25, 0.3) is 0 Å². The van der Waals surface area contributed by atoms with Crippen molar-refractivity contribution >= 4 is 5.97 Å². The zero-order chi connectivity index (χ0) is 14.0. The molecule has 1 unspecified atom stereocenters. The molecule has 1 aromatic rings. The molecule has 0 aliphatic carbocycles. The van der Waals surface area contributed by atoms with Crippen LogP contribution in [0.5, 0.6) is 0 Å². The molecule has 0 amide bonds. The van der Waals surface area contributed by atoms with Gasteiger partial charge in [0.2, 0.25) is 0 Å². The summed E-state index contributed by atoms with van der Waals surface area (Å²) in [6.45, 7) is 6.91. The summed E-state index contributed by atoms with van der Waals surface area (Å²) in [6, 6.07) is 0. The molecule has 0 aromatic carbocycles. The maximum Gasteiger partial charge on any atom is 0.310 e. The minimum Gasteiger partial charge on any atom is -0.481 e. The van der Waals surface area contributed by atoms with Crippen LogP contribution in [-0.2, 0) is 9.53 Å². The van der Waals surface area contributed by atoms with Crippen molar-refractivity contribution in [2.24, 2.45) is 0 Å². The first kappa shape index (κ1) is 13.9. The van der Waals surface area contributed by atoms with E-state index in [0.29, 0.717) is 5.92 Å². The van der Waals surface area contributed by atoms with Crippen molar-refractivity contribution in [2.45, 2.75) is 45.4 Å². The monoisotopic (exact) mass is 264 g/mol. The van der Waals surface area contributed by atoms with Crippen molar-refractivity contribution in [1.82, 2.24) is 9.97 Å². The van der Waals surface area contributed by atoms with Gasteiger partial charge >= 0.3 is 5.97 Å². The first-order valence-corrected chi connectivity index (χ1v) is 6.66. The van der Waals surface area contributed by atoms with Crippen LogP contribution in [0.15, 0.2) is 0 Å². The van der Waals surface area contributed by atoms with Gasteiger partial charge in [0.05, 0.1) is 5.92 Å². The molecule has 1 aromatic heterocycles. The van der Waals surface area contributed by atoms with Crippen LogP contribution in [0.3, 0.4) is 0 Å². The average molecular weight is 264 g/mol. The fourth-order valence-corrected chi connectivity index (χ4v) is 2.64. The van der Waals surface area contributed by atoms with Gasteiger partial charge in [-0.05, 0) is 33.6 Å². The number of rotatable bonds is 3. The maximum absolute atomic E-state index is 11.1. The van der Waals surface area contributed by atoms with Gasteiger partial charge < -0.3 is 9.84 Å². The Hall–Kier alpha value is -1.49. The van der Waals surface area contributed by atoms with Crippen LogP contribution in [0.25, 0.3) is 0 Å². The molecule has 1 fully saturated rings. The molecule has 2 rings (SSSR count). The minimum atomic E-state index is -0.839. The van der Waals surface area contributed by atoms with Crippen molar-refractivity contribution in [3.8, 4) is 0 Å². The topological polar surface area (TPSA) is 72.3 Å². The molecule has 5 heteroatoms. The van der Waals surface area contributed by atoms with Crippen LogP contribution in [-0.4, -0.2) is 34.3 Å². The van der Waals surface area contributed by atoms with Crippen LogP contribution in [0, 0.1) is 13.8 Å². The smallest absolute Gasteiger partial charge is 0.310 e. The summed E-state index contributed by atoms with van der Waals surface area (Å²) < 4.78 is 5.34. The maximum atomic E-state index is 11.1. The minimum absolute atomic E-state index is 0.334. The predicted molar refractivity (Wildman–Crippen MR) is 70.4 cm³/mol. The number of nitrogens with zero attached hydrogens (tertiary/aromatic N) is 2. The molecular weight excluding hydrogens is 244 g/mol. The Morgan fingerprint density at radius 3 is 2.26 bits per heavy atom. The number of carboxylic acids is 1. The molecule has 1 saturated heterocycles. The van der Waals surface area contributed by atoms with E-state index in [1.165, 1.54) is 0 Å². The van der Waals surface area contributed by atoms with E-state index >= 15 is 0 Å². The average Bonchev–Trinajstić information content (AvgIpc) is 2.38. The summed E-state index contributed by atoms with van der Waals surface area (Å²) >= 11 is 0. The Bertz CT molecular complexity index is 459. The Morgan fingerprint density at radius 2 is 1.79 bits per heavy atom. The summed E-state index contributed by atoms with van der Waals surface area (Å²) in [5.41, 5.74) is 2.30. The second kappa shape index (κ2) is 5.65. The number of ether oxygens (including phenoxy) is 1. The number of hydrogen-bond acceptors (Lipinski definition) is 4. The number of aryl methyl sites for hydroxylation is 2. The zero-order valence-corrected chi connectivity index (χ0v) is 11.6. The third-order valence-corrected chi connectivity index (χ3v) is 3.73. The molecular formula is C14H20N2O3. The van der Waals surface area contributed by atoms with Crippen LogP contribution >= 0.6 is 0 Å². The van der Waals surface area contributed by atoms with E-state index in [-0.39, 0.29) is 0 Å².